The number of ether oxygens (including phenoxy) is 2. The molecule has 0 spiro atoms. The number of rotatable bonds is 5. The topological polar surface area (TPSA) is 116 Å². The third kappa shape index (κ3) is 3.99. The number of aryl methyl sites for hydroxylation is 1. The van der Waals surface area contributed by atoms with E-state index in [0.29, 0.717) is 11.3 Å². The largest absolute Gasteiger partial charge is 0.495 e. The minimum atomic E-state index is -4.73. The summed E-state index contributed by atoms with van der Waals surface area (Å²) < 4.78 is 52.8. The summed E-state index contributed by atoms with van der Waals surface area (Å²) in [6, 6.07) is 4.14. The van der Waals surface area contributed by atoms with Crippen molar-refractivity contribution >= 4 is 17.5 Å². The fraction of sp³-hybridized carbons (Fsp3) is 0.429. The van der Waals surface area contributed by atoms with Crippen LogP contribution in [0.15, 0.2) is 30.6 Å². The molecule has 0 radical (unpaired) electrons. The van der Waals surface area contributed by atoms with Crippen molar-refractivity contribution in [1.82, 2.24) is 9.97 Å². The van der Waals surface area contributed by atoms with Crippen LogP contribution in [-0.4, -0.2) is 46.8 Å². The Hall–Kier alpha value is -3.21. The lowest BCUT2D eigenvalue weighted by molar-refractivity contribution is -0.272. The van der Waals surface area contributed by atoms with Gasteiger partial charge in [0, 0.05) is 35.5 Å². The zero-order valence-corrected chi connectivity index (χ0v) is 17.9. The maximum absolute atomic E-state index is 14.0. The summed E-state index contributed by atoms with van der Waals surface area (Å²) in [5.41, 5.74) is 3.51. The third-order valence-electron chi connectivity index (χ3n) is 5.88. The number of nitrogens with zero attached hydrogens (tertiary/aromatic N) is 2. The first-order valence-corrected chi connectivity index (χ1v) is 9.71. The number of amides is 2. The number of primary amides is 1. The molecule has 1 fully saturated rings. The van der Waals surface area contributed by atoms with Gasteiger partial charge >= 0.3 is 6.18 Å². The molecule has 1 aliphatic rings. The highest BCUT2D eigenvalue weighted by molar-refractivity contribution is 5.97. The van der Waals surface area contributed by atoms with Gasteiger partial charge in [-0.25, -0.2) is 0 Å². The summed E-state index contributed by atoms with van der Waals surface area (Å²) >= 11 is 0. The normalized spacial score (nSPS) is 25.4. The van der Waals surface area contributed by atoms with Crippen molar-refractivity contribution in [2.75, 3.05) is 12.4 Å². The molecular weight excluding hydrogens is 429 g/mol. The van der Waals surface area contributed by atoms with E-state index in [1.54, 1.807) is 6.92 Å². The number of pyridine rings is 2. The number of halogens is 3. The quantitative estimate of drug-likeness (QED) is 0.721. The van der Waals surface area contributed by atoms with Gasteiger partial charge in [0.25, 0.3) is 11.8 Å². The molecule has 0 aliphatic carbocycles. The van der Waals surface area contributed by atoms with Gasteiger partial charge < -0.3 is 20.5 Å². The number of alkyl halides is 3. The summed E-state index contributed by atoms with van der Waals surface area (Å²) in [6.45, 7) is 3.97. The number of nitrogens with one attached hydrogen (secondary N) is 1. The first kappa shape index (κ1) is 23.5. The monoisotopic (exact) mass is 452 g/mol. The highest BCUT2D eigenvalue weighted by Crippen LogP contribution is 2.54. The molecule has 3 heterocycles. The molecule has 1 aliphatic heterocycles. The van der Waals surface area contributed by atoms with Crippen LogP contribution in [0.1, 0.15) is 41.5 Å². The Bertz CT molecular complexity index is 1050. The third-order valence-corrected chi connectivity index (χ3v) is 5.88. The van der Waals surface area contributed by atoms with Crippen LogP contribution < -0.4 is 15.8 Å². The van der Waals surface area contributed by atoms with Crippen molar-refractivity contribution in [3.63, 3.8) is 0 Å². The van der Waals surface area contributed by atoms with Crippen LogP contribution in [0, 0.1) is 12.8 Å². The van der Waals surface area contributed by atoms with E-state index in [4.69, 9.17) is 15.2 Å². The maximum Gasteiger partial charge on any atom is 0.417 e. The molecular formula is C21H23F3N4O4. The number of nitrogens with two attached hydrogens (primary N) is 1. The Labute approximate surface area is 182 Å². The van der Waals surface area contributed by atoms with Gasteiger partial charge in [0.15, 0.2) is 5.60 Å². The molecule has 172 valence electrons. The van der Waals surface area contributed by atoms with Crippen LogP contribution in [0.3, 0.4) is 0 Å². The zero-order chi connectivity index (χ0) is 23.8. The molecule has 0 saturated carbocycles. The van der Waals surface area contributed by atoms with E-state index >= 15 is 0 Å². The van der Waals surface area contributed by atoms with Crippen molar-refractivity contribution < 1.29 is 32.2 Å². The lowest BCUT2D eigenvalue weighted by atomic mass is 9.77. The fourth-order valence-electron chi connectivity index (χ4n) is 3.98. The highest BCUT2D eigenvalue weighted by Gasteiger charge is 2.65. The Kier molecular flexibility index (Phi) is 6.14. The summed E-state index contributed by atoms with van der Waals surface area (Å²) in [6.07, 6.45) is -3.54. The molecule has 11 heteroatoms. The van der Waals surface area contributed by atoms with E-state index < -0.39 is 41.5 Å². The molecule has 1 saturated heterocycles. The second-order valence-corrected chi connectivity index (χ2v) is 7.76. The van der Waals surface area contributed by atoms with Crippen LogP contribution in [0.25, 0.3) is 0 Å². The van der Waals surface area contributed by atoms with E-state index in [1.807, 2.05) is 0 Å². The second kappa shape index (κ2) is 8.38. The van der Waals surface area contributed by atoms with Gasteiger partial charge in [-0.05, 0) is 32.0 Å². The van der Waals surface area contributed by atoms with E-state index in [-0.39, 0.29) is 17.1 Å². The van der Waals surface area contributed by atoms with Gasteiger partial charge in [-0.3, -0.25) is 19.6 Å². The number of hydrogen-bond acceptors (Lipinski definition) is 6. The Morgan fingerprint density at radius 1 is 1.25 bits per heavy atom. The van der Waals surface area contributed by atoms with E-state index in [0.717, 1.165) is 6.92 Å². The number of anilines is 1. The Balaban J connectivity index is 2.05. The van der Waals surface area contributed by atoms with Crippen molar-refractivity contribution in [2.24, 2.45) is 11.7 Å². The Morgan fingerprint density at radius 2 is 1.91 bits per heavy atom. The summed E-state index contributed by atoms with van der Waals surface area (Å²) in [7, 11) is 1.38. The molecule has 0 bridgehead atoms. The molecule has 32 heavy (non-hydrogen) atoms. The van der Waals surface area contributed by atoms with Gasteiger partial charge in [-0.2, -0.15) is 13.2 Å². The number of aromatic nitrogens is 2. The molecule has 2 amide bonds. The zero-order valence-electron chi connectivity index (χ0n) is 17.9. The van der Waals surface area contributed by atoms with Crippen molar-refractivity contribution in [2.45, 2.75) is 44.6 Å². The first-order chi connectivity index (χ1) is 14.9. The smallest absolute Gasteiger partial charge is 0.417 e. The number of hydrogen-bond donors (Lipinski definition) is 2. The number of methoxy groups -OCH3 is 1. The fourth-order valence-corrected chi connectivity index (χ4v) is 3.98. The molecule has 4 atom stereocenters. The van der Waals surface area contributed by atoms with Gasteiger partial charge in [-0.1, -0.05) is 6.92 Å². The lowest BCUT2D eigenvalue weighted by Gasteiger charge is -2.32. The highest BCUT2D eigenvalue weighted by atomic mass is 19.4. The van der Waals surface area contributed by atoms with Crippen LogP contribution >= 0.6 is 0 Å². The predicted octanol–water partition coefficient (Wildman–Crippen LogP) is 2.97. The number of carbonyl (C=O) groups excluding carboxylic acids is 2. The Morgan fingerprint density at radius 3 is 2.50 bits per heavy atom. The number of carbonyl (C=O) groups is 2. The summed E-state index contributed by atoms with van der Waals surface area (Å²) in [5, 5.41) is 2.51. The SMILES string of the molecule is COc1c(C2C(C(=O)Nc3ccnc(C(N)=O)c3)OC(C)(C(F)(F)F)C2C)ccnc1C. The minimum absolute atomic E-state index is 0.105. The van der Waals surface area contributed by atoms with Crippen LogP contribution in [-0.2, 0) is 9.53 Å². The second-order valence-electron chi connectivity index (χ2n) is 7.76. The van der Waals surface area contributed by atoms with Crippen molar-refractivity contribution in [1.29, 1.82) is 0 Å². The minimum Gasteiger partial charge on any atom is -0.495 e. The summed E-state index contributed by atoms with van der Waals surface area (Å²) in [4.78, 5) is 32.4. The molecule has 4 unspecified atom stereocenters. The lowest BCUT2D eigenvalue weighted by Crippen LogP contribution is -2.47. The van der Waals surface area contributed by atoms with Crippen LogP contribution in [0.5, 0.6) is 5.75 Å². The van der Waals surface area contributed by atoms with Gasteiger partial charge in [-0.15, -0.1) is 0 Å². The average Bonchev–Trinajstić information content (AvgIpc) is 3.00. The average molecular weight is 452 g/mol. The molecule has 8 nitrogen and oxygen atoms in total. The van der Waals surface area contributed by atoms with Gasteiger partial charge in [0.2, 0.25) is 0 Å². The van der Waals surface area contributed by atoms with Crippen molar-refractivity contribution in [3.8, 4) is 5.75 Å². The van der Waals surface area contributed by atoms with E-state index in [9.17, 15) is 22.8 Å². The van der Waals surface area contributed by atoms with Crippen LogP contribution in [0.4, 0.5) is 18.9 Å². The van der Waals surface area contributed by atoms with Gasteiger partial charge in [0.05, 0.1) is 12.8 Å². The van der Waals surface area contributed by atoms with E-state index in [2.05, 4.69) is 15.3 Å². The van der Waals surface area contributed by atoms with E-state index in [1.165, 1.54) is 44.6 Å². The summed E-state index contributed by atoms with van der Waals surface area (Å²) in [5.74, 6) is -3.46. The molecule has 3 N–H and O–H groups in total. The van der Waals surface area contributed by atoms with Crippen molar-refractivity contribution in [3.05, 3.63) is 47.5 Å². The van der Waals surface area contributed by atoms with Crippen LogP contribution in [0.2, 0.25) is 0 Å². The predicted molar refractivity (Wildman–Crippen MR) is 108 cm³/mol. The molecule has 0 aromatic carbocycles. The standard InChI is InChI=1S/C21H23F3N4O4/c1-10-15(13-6-8-26-11(2)16(13)31-4)17(32-20(10,3)21(22,23)24)19(30)28-12-5-7-27-14(9-12)18(25)29/h5-10,15,17H,1-4H3,(H2,25,29)(H,27,28,30). The molecule has 2 aromatic heterocycles. The maximum atomic E-state index is 14.0. The molecule has 3 rings (SSSR count). The molecule has 2 aromatic rings. The van der Waals surface area contributed by atoms with Gasteiger partial charge in [0.1, 0.15) is 17.5 Å². The first-order valence-electron chi connectivity index (χ1n) is 9.71.